The van der Waals surface area contributed by atoms with E-state index in [1.165, 1.54) is 0 Å². The van der Waals surface area contributed by atoms with E-state index in [4.69, 9.17) is 14.2 Å². The second kappa shape index (κ2) is 7.04. The van der Waals surface area contributed by atoms with Crippen molar-refractivity contribution in [1.82, 2.24) is 0 Å². The SMILES string of the molecule is COc1ccc(OC(C)C(=O)Oc2cccc3ccccc23)cc1. The molecule has 4 heteroatoms. The molecule has 0 aliphatic rings. The normalized spacial score (nSPS) is 11.8. The third-order valence-corrected chi connectivity index (χ3v) is 3.66. The van der Waals surface area contributed by atoms with Crippen LogP contribution in [0.15, 0.2) is 66.7 Å². The molecule has 0 saturated heterocycles. The van der Waals surface area contributed by atoms with Crippen molar-refractivity contribution in [3.63, 3.8) is 0 Å². The highest BCUT2D eigenvalue weighted by molar-refractivity contribution is 5.90. The van der Waals surface area contributed by atoms with E-state index in [1.807, 2.05) is 36.4 Å². The van der Waals surface area contributed by atoms with Crippen molar-refractivity contribution in [2.24, 2.45) is 0 Å². The van der Waals surface area contributed by atoms with Crippen LogP contribution >= 0.6 is 0 Å². The summed E-state index contributed by atoms with van der Waals surface area (Å²) in [6.07, 6.45) is -0.725. The second-order valence-corrected chi connectivity index (χ2v) is 5.33. The van der Waals surface area contributed by atoms with Gasteiger partial charge in [0.25, 0.3) is 0 Å². The van der Waals surface area contributed by atoms with Crippen LogP contribution in [0.2, 0.25) is 0 Å². The highest BCUT2D eigenvalue weighted by Gasteiger charge is 2.18. The summed E-state index contributed by atoms with van der Waals surface area (Å²) in [5.41, 5.74) is 0. The van der Waals surface area contributed by atoms with Crippen LogP contribution < -0.4 is 14.2 Å². The number of hydrogen-bond acceptors (Lipinski definition) is 4. The monoisotopic (exact) mass is 322 g/mol. The Morgan fingerprint density at radius 2 is 1.54 bits per heavy atom. The van der Waals surface area contributed by atoms with Gasteiger partial charge in [-0.15, -0.1) is 0 Å². The molecule has 0 aliphatic heterocycles. The number of esters is 1. The molecule has 0 heterocycles. The average Bonchev–Trinajstić information content (AvgIpc) is 2.62. The van der Waals surface area contributed by atoms with E-state index in [0.29, 0.717) is 11.5 Å². The van der Waals surface area contributed by atoms with Crippen molar-refractivity contribution < 1.29 is 19.0 Å². The quantitative estimate of drug-likeness (QED) is 0.521. The molecule has 1 atom stereocenters. The van der Waals surface area contributed by atoms with E-state index >= 15 is 0 Å². The van der Waals surface area contributed by atoms with Gasteiger partial charge >= 0.3 is 5.97 Å². The topological polar surface area (TPSA) is 44.8 Å². The van der Waals surface area contributed by atoms with Crippen molar-refractivity contribution in [2.45, 2.75) is 13.0 Å². The molecule has 0 fully saturated rings. The van der Waals surface area contributed by atoms with Crippen LogP contribution in [0, 0.1) is 0 Å². The van der Waals surface area contributed by atoms with Crippen LogP contribution in [0.1, 0.15) is 6.92 Å². The van der Waals surface area contributed by atoms with Crippen LogP contribution in [-0.2, 0) is 4.79 Å². The lowest BCUT2D eigenvalue weighted by Crippen LogP contribution is -2.28. The Kier molecular flexibility index (Phi) is 4.66. The summed E-state index contributed by atoms with van der Waals surface area (Å²) < 4.78 is 16.2. The van der Waals surface area contributed by atoms with Crippen LogP contribution in [0.4, 0.5) is 0 Å². The van der Waals surface area contributed by atoms with Crippen molar-refractivity contribution in [2.75, 3.05) is 7.11 Å². The molecule has 0 aromatic heterocycles. The summed E-state index contributed by atoms with van der Waals surface area (Å²) in [6, 6.07) is 20.4. The zero-order valence-electron chi connectivity index (χ0n) is 13.6. The molecule has 0 amide bonds. The largest absolute Gasteiger partial charge is 0.497 e. The fraction of sp³-hybridized carbons (Fsp3) is 0.150. The molecule has 0 spiro atoms. The van der Waals surface area contributed by atoms with Gasteiger partial charge in [-0.2, -0.15) is 0 Å². The highest BCUT2D eigenvalue weighted by Crippen LogP contribution is 2.26. The summed E-state index contributed by atoms with van der Waals surface area (Å²) in [5, 5.41) is 1.91. The first-order chi connectivity index (χ1) is 11.7. The van der Waals surface area contributed by atoms with E-state index in [-0.39, 0.29) is 0 Å². The Morgan fingerprint density at radius 3 is 2.29 bits per heavy atom. The summed E-state index contributed by atoms with van der Waals surface area (Å²) >= 11 is 0. The van der Waals surface area contributed by atoms with E-state index < -0.39 is 12.1 Å². The molecule has 0 aliphatic carbocycles. The number of rotatable bonds is 5. The van der Waals surface area contributed by atoms with Gasteiger partial charge in [0.05, 0.1) is 7.11 Å². The van der Waals surface area contributed by atoms with Gasteiger partial charge < -0.3 is 14.2 Å². The van der Waals surface area contributed by atoms with Crippen molar-refractivity contribution >= 4 is 16.7 Å². The summed E-state index contributed by atoms with van der Waals surface area (Å²) in [6.45, 7) is 1.66. The molecular weight excluding hydrogens is 304 g/mol. The highest BCUT2D eigenvalue weighted by atomic mass is 16.6. The van der Waals surface area contributed by atoms with Gasteiger partial charge in [0, 0.05) is 5.39 Å². The maximum atomic E-state index is 12.3. The first-order valence-electron chi connectivity index (χ1n) is 7.67. The number of carbonyl (C=O) groups is 1. The minimum Gasteiger partial charge on any atom is -0.497 e. The Hall–Kier alpha value is -3.01. The standard InChI is InChI=1S/C20H18O4/c1-14(23-17-12-10-16(22-2)11-13-17)20(21)24-19-9-5-7-15-6-3-4-8-18(15)19/h3-14H,1-2H3. The number of hydrogen-bond donors (Lipinski definition) is 0. The number of fused-ring (bicyclic) bond motifs is 1. The Labute approximate surface area is 140 Å². The van der Waals surface area contributed by atoms with Crippen LogP contribution in [-0.4, -0.2) is 19.2 Å². The Balaban J connectivity index is 1.71. The lowest BCUT2D eigenvalue weighted by atomic mass is 10.1. The van der Waals surface area contributed by atoms with Crippen LogP contribution in [0.25, 0.3) is 10.8 Å². The van der Waals surface area contributed by atoms with E-state index in [0.717, 1.165) is 16.5 Å². The van der Waals surface area contributed by atoms with Gasteiger partial charge in [-0.05, 0) is 42.6 Å². The van der Waals surface area contributed by atoms with E-state index in [9.17, 15) is 4.79 Å². The lowest BCUT2D eigenvalue weighted by molar-refractivity contribution is -0.141. The van der Waals surface area contributed by atoms with Gasteiger partial charge in [0.15, 0.2) is 6.10 Å². The predicted molar refractivity (Wildman–Crippen MR) is 92.7 cm³/mol. The minimum absolute atomic E-state index is 0.442. The predicted octanol–water partition coefficient (Wildman–Crippen LogP) is 4.22. The molecule has 0 N–H and O–H groups in total. The molecule has 4 nitrogen and oxygen atoms in total. The van der Waals surface area contributed by atoms with Gasteiger partial charge in [0.1, 0.15) is 17.2 Å². The second-order valence-electron chi connectivity index (χ2n) is 5.33. The van der Waals surface area contributed by atoms with Crippen LogP contribution in [0.3, 0.4) is 0 Å². The average molecular weight is 322 g/mol. The number of ether oxygens (including phenoxy) is 3. The smallest absolute Gasteiger partial charge is 0.352 e. The van der Waals surface area contributed by atoms with Crippen molar-refractivity contribution in [3.8, 4) is 17.2 Å². The summed E-state index contributed by atoms with van der Waals surface area (Å²) in [5.74, 6) is 1.40. The van der Waals surface area contributed by atoms with E-state index in [1.54, 1.807) is 44.4 Å². The molecule has 3 aromatic carbocycles. The molecule has 0 bridgehead atoms. The maximum absolute atomic E-state index is 12.3. The van der Waals surface area contributed by atoms with Gasteiger partial charge in [-0.3, -0.25) is 0 Å². The van der Waals surface area contributed by atoms with E-state index in [2.05, 4.69) is 0 Å². The molecule has 1 unspecified atom stereocenters. The molecular formula is C20H18O4. The molecule has 24 heavy (non-hydrogen) atoms. The number of benzene rings is 3. The third kappa shape index (κ3) is 3.49. The summed E-state index contributed by atoms with van der Waals surface area (Å²) in [4.78, 5) is 12.3. The van der Waals surface area contributed by atoms with Crippen molar-refractivity contribution in [3.05, 3.63) is 66.7 Å². The number of carbonyl (C=O) groups excluding carboxylic acids is 1. The molecule has 0 saturated carbocycles. The van der Waals surface area contributed by atoms with Crippen LogP contribution in [0.5, 0.6) is 17.2 Å². The summed E-state index contributed by atoms with van der Waals surface area (Å²) in [7, 11) is 1.60. The zero-order valence-corrected chi connectivity index (χ0v) is 13.6. The molecule has 0 radical (unpaired) electrons. The first kappa shape index (κ1) is 15.9. The van der Waals surface area contributed by atoms with Gasteiger partial charge in [-0.25, -0.2) is 4.79 Å². The fourth-order valence-corrected chi connectivity index (χ4v) is 2.38. The lowest BCUT2D eigenvalue weighted by Gasteiger charge is -2.15. The Bertz CT molecular complexity index is 834. The molecule has 122 valence electrons. The maximum Gasteiger partial charge on any atom is 0.352 e. The third-order valence-electron chi connectivity index (χ3n) is 3.66. The molecule has 3 rings (SSSR count). The van der Waals surface area contributed by atoms with Gasteiger partial charge in [0.2, 0.25) is 0 Å². The fourth-order valence-electron chi connectivity index (χ4n) is 2.38. The Morgan fingerprint density at radius 1 is 0.875 bits per heavy atom. The molecule has 3 aromatic rings. The van der Waals surface area contributed by atoms with Gasteiger partial charge in [-0.1, -0.05) is 36.4 Å². The minimum atomic E-state index is -0.725. The first-order valence-corrected chi connectivity index (χ1v) is 7.67. The zero-order chi connectivity index (χ0) is 16.9. The van der Waals surface area contributed by atoms with Crippen molar-refractivity contribution in [1.29, 1.82) is 0 Å². The number of methoxy groups -OCH3 is 1.